The Balaban J connectivity index is 3.44. The van der Waals surface area contributed by atoms with Gasteiger partial charge in [0.25, 0.3) is 0 Å². The lowest BCUT2D eigenvalue weighted by atomic mass is 10.3. The minimum atomic E-state index is -0.0560. The van der Waals surface area contributed by atoms with Gasteiger partial charge < -0.3 is 10.2 Å². The average molecular weight is 170 g/mol. The highest BCUT2D eigenvalue weighted by Crippen LogP contribution is 1.85. The normalized spacial score (nSPS) is 10.0. The van der Waals surface area contributed by atoms with Crippen LogP contribution in [0.15, 0.2) is 12.2 Å². The summed E-state index contributed by atoms with van der Waals surface area (Å²) < 4.78 is 0. The van der Waals surface area contributed by atoms with Gasteiger partial charge in [0.2, 0.25) is 5.91 Å². The first-order valence-electron chi connectivity index (χ1n) is 4.20. The van der Waals surface area contributed by atoms with Crippen LogP contribution in [0.1, 0.15) is 13.8 Å². The molecule has 0 aromatic rings. The van der Waals surface area contributed by atoms with Gasteiger partial charge in [0, 0.05) is 18.7 Å². The zero-order valence-electron chi connectivity index (χ0n) is 8.18. The first-order valence-corrected chi connectivity index (χ1v) is 4.20. The van der Waals surface area contributed by atoms with Gasteiger partial charge in [0.15, 0.2) is 0 Å². The lowest BCUT2D eigenvalue weighted by molar-refractivity contribution is -0.117. The second-order valence-electron chi connectivity index (χ2n) is 2.93. The van der Waals surface area contributed by atoms with Gasteiger partial charge in [-0.05, 0) is 20.5 Å². The molecular formula is C9H18N2O. The fraction of sp³-hybridized carbons (Fsp3) is 0.667. The van der Waals surface area contributed by atoms with E-state index in [1.165, 1.54) is 0 Å². The van der Waals surface area contributed by atoms with Crippen molar-refractivity contribution in [3.8, 4) is 0 Å². The van der Waals surface area contributed by atoms with Crippen LogP contribution >= 0.6 is 0 Å². The summed E-state index contributed by atoms with van der Waals surface area (Å²) in [5.41, 5.74) is 0.564. The molecule has 0 fully saturated rings. The molecular weight excluding hydrogens is 152 g/mol. The number of amides is 1. The van der Waals surface area contributed by atoms with E-state index in [-0.39, 0.29) is 5.91 Å². The molecule has 12 heavy (non-hydrogen) atoms. The van der Waals surface area contributed by atoms with Crippen molar-refractivity contribution in [1.82, 2.24) is 10.2 Å². The number of nitrogens with one attached hydrogen (secondary N) is 1. The minimum absolute atomic E-state index is 0.0560. The number of nitrogens with zero attached hydrogens (tertiary/aromatic N) is 1. The van der Waals surface area contributed by atoms with E-state index in [4.69, 9.17) is 0 Å². The molecule has 0 aromatic heterocycles. The summed E-state index contributed by atoms with van der Waals surface area (Å²) in [6.07, 6.45) is 0. The van der Waals surface area contributed by atoms with Crippen LogP contribution < -0.4 is 5.32 Å². The Morgan fingerprint density at radius 3 is 2.58 bits per heavy atom. The number of carbonyl (C=O) groups excluding carboxylic acids is 1. The Morgan fingerprint density at radius 1 is 1.58 bits per heavy atom. The monoisotopic (exact) mass is 170 g/mol. The van der Waals surface area contributed by atoms with Gasteiger partial charge >= 0.3 is 0 Å². The molecule has 0 saturated carbocycles. The van der Waals surface area contributed by atoms with Crippen molar-refractivity contribution in [3.05, 3.63) is 12.2 Å². The predicted octanol–water partition coefficient (Wildman–Crippen LogP) is 0.630. The van der Waals surface area contributed by atoms with E-state index >= 15 is 0 Å². The van der Waals surface area contributed by atoms with Crippen molar-refractivity contribution in [1.29, 1.82) is 0 Å². The standard InChI is InChI=1S/C9H18N2O/c1-5-11(4)7-6-10-9(12)8(2)3/h2,5-7H2,1,3-4H3,(H,10,12). The third-order valence-corrected chi connectivity index (χ3v) is 1.71. The van der Waals surface area contributed by atoms with E-state index in [1.54, 1.807) is 6.92 Å². The van der Waals surface area contributed by atoms with Gasteiger partial charge in [-0.15, -0.1) is 0 Å². The molecule has 0 aliphatic carbocycles. The predicted molar refractivity (Wildman–Crippen MR) is 51.0 cm³/mol. The number of hydrogen-bond donors (Lipinski definition) is 1. The summed E-state index contributed by atoms with van der Waals surface area (Å²) in [5.74, 6) is -0.0560. The quantitative estimate of drug-likeness (QED) is 0.614. The van der Waals surface area contributed by atoms with E-state index in [0.717, 1.165) is 13.1 Å². The van der Waals surface area contributed by atoms with E-state index in [0.29, 0.717) is 12.1 Å². The summed E-state index contributed by atoms with van der Waals surface area (Å²) in [5, 5.41) is 2.77. The largest absolute Gasteiger partial charge is 0.351 e. The van der Waals surface area contributed by atoms with Gasteiger partial charge in [-0.25, -0.2) is 0 Å². The molecule has 0 spiro atoms. The molecule has 0 saturated heterocycles. The molecule has 0 aliphatic heterocycles. The molecule has 1 amide bonds. The first kappa shape index (κ1) is 11.2. The molecule has 3 heteroatoms. The molecule has 70 valence electrons. The van der Waals surface area contributed by atoms with Crippen LogP contribution in [0.25, 0.3) is 0 Å². The number of hydrogen-bond acceptors (Lipinski definition) is 2. The van der Waals surface area contributed by atoms with Crippen molar-refractivity contribution in [2.75, 3.05) is 26.7 Å². The fourth-order valence-corrected chi connectivity index (χ4v) is 0.669. The maximum absolute atomic E-state index is 11.0. The molecule has 1 N–H and O–H groups in total. The smallest absolute Gasteiger partial charge is 0.246 e. The van der Waals surface area contributed by atoms with Gasteiger partial charge in [0.1, 0.15) is 0 Å². The summed E-state index contributed by atoms with van der Waals surface area (Å²) in [7, 11) is 2.02. The first-order chi connectivity index (χ1) is 5.57. The fourth-order valence-electron chi connectivity index (χ4n) is 0.669. The highest BCUT2D eigenvalue weighted by Gasteiger charge is 2.00. The zero-order chi connectivity index (χ0) is 9.56. The second kappa shape index (κ2) is 5.77. The SMILES string of the molecule is C=C(C)C(=O)NCCN(C)CC. The van der Waals surface area contributed by atoms with Crippen LogP contribution in [0.4, 0.5) is 0 Å². The van der Waals surface area contributed by atoms with Crippen LogP contribution in [0.2, 0.25) is 0 Å². The third-order valence-electron chi connectivity index (χ3n) is 1.71. The molecule has 3 nitrogen and oxygen atoms in total. The van der Waals surface area contributed by atoms with E-state index in [2.05, 4.69) is 23.7 Å². The summed E-state index contributed by atoms with van der Waals surface area (Å²) in [6.45, 7) is 9.92. The maximum Gasteiger partial charge on any atom is 0.246 e. The Bertz CT molecular complexity index is 166. The lowest BCUT2D eigenvalue weighted by Crippen LogP contribution is -2.33. The Morgan fingerprint density at radius 2 is 2.17 bits per heavy atom. The molecule has 0 heterocycles. The van der Waals surface area contributed by atoms with Crippen molar-refractivity contribution in [2.24, 2.45) is 0 Å². The molecule has 0 atom stereocenters. The van der Waals surface area contributed by atoms with Crippen LogP contribution in [0, 0.1) is 0 Å². The second-order valence-corrected chi connectivity index (χ2v) is 2.93. The van der Waals surface area contributed by atoms with E-state index in [9.17, 15) is 4.79 Å². The van der Waals surface area contributed by atoms with Crippen LogP contribution in [0.5, 0.6) is 0 Å². The van der Waals surface area contributed by atoms with Crippen molar-refractivity contribution < 1.29 is 4.79 Å². The van der Waals surface area contributed by atoms with Gasteiger partial charge in [-0.2, -0.15) is 0 Å². The van der Waals surface area contributed by atoms with Crippen molar-refractivity contribution in [3.63, 3.8) is 0 Å². The zero-order valence-corrected chi connectivity index (χ0v) is 8.18. The Hall–Kier alpha value is -0.830. The van der Waals surface area contributed by atoms with Crippen molar-refractivity contribution in [2.45, 2.75) is 13.8 Å². The lowest BCUT2D eigenvalue weighted by Gasteiger charge is -2.13. The topological polar surface area (TPSA) is 32.3 Å². The third kappa shape index (κ3) is 4.91. The van der Waals surface area contributed by atoms with E-state index in [1.807, 2.05) is 7.05 Å². The molecule has 0 rings (SSSR count). The summed E-state index contributed by atoms with van der Waals surface area (Å²) >= 11 is 0. The molecule has 0 unspecified atom stereocenters. The highest BCUT2D eigenvalue weighted by atomic mass is 16.1. The Labute approximate surface area is 74.4 Å². The minimum Gasteiger partial charge on any atom is -0.351 e. The molecule has 0 aliphatic rings. The van der Waals surface area contributed by atoms with Crippen LogP contribution in [-0.2, 0) is 4.79 Å². The van der Waals surface area contributed by atoms with Crippen LogP contribution in [-0.4, -0.2) is 37.5 Å². The van der Waals surface area contributed by atoms with Gasteiger partial charge in [0.05, 0.1) is 0 Å². The molecule has 0 bridgehead atoms. The number of likely N-dealkylation sites (N-methyl/N-ethyl adjacent to an activating group) is 1. The van der Waals surface area contributed by atoms with Crippen LogP contribution in [0.3, 0.4) is 0 Å². The van der Waals surface area contributed by atoms with Crippen molar-refractivity contribution >= 4 is 5.91 Å². The van der Waals surface area contributed by atoms with E-state index < -0.39 is 0 Å². The Kier molecular flexibility index (Phi) is 5.37. The van der Waals surface area contributed by atoms with Gasteiger partial charge in [-0.3, -0.25) is 4.79 Å². The molecule has 0 radical (unpaired) electrons. The van der Waals surface area contributed by atoms with Gasteiger partial charge in [-0.1, -0.05) is 13.5 Å². The maximum atomic E-state index is 11.0. The number of carbonyl (C=O) groups is 1. The summed E-state index contributed by atoms with van der Waals surface area (Å²) in [6, 6.07) is 0. The highest BCUT2D eigenvalue weighted by molar-refractivity contribution is 5.92. The summed E-state index contributed by atoms with van der Waals surface area (Å²) in [4.78, 5) is 13.1. The average Bonchev–Trinajstić information content (AvgIpc) is 2.03. The number of rotatable bonds is 5. The molecule has 0 aromatic carbocycles.